The van der Waals surface area contributed by atoms with Gasteiger partial charge in [0, 0.05) is 25.8 Å². The molecule has 1 heterocycles. The van der Waals surface area contributed by atoms with Crippen LogP contribution in [0, 0.1) is 0 Å². The Hall–Kier alpha value is -2.47. The number of rotatable bonds is 7. The molecule has 0 aliphatic heterocycles. The van der Waals surface area contributed by atoms with Gasteiger partial charge in [-0.2, -0.15) is 0 Å². The molecule has 0 saturated carbocycles. The Labute approximate surface area is 130 Å². The molecule has 1 aromatic heterocycles. The van der Waals surface area contributed by atoms with Crippen molar-refractivity contribution in [2.24, 2.45) is 0 Å². The molecule has 6 heteroatoms. The summed E-state index contributed by atoms with van der Waals surface area (Å²) in [5.74, 6) is 0.260. The van der Waals surface area contributed by atoms with Gasteiger partial charge in [-0.3, -0.25) is 4.79 Å². The van der Waals surface area contributed by atoms with Gasteiger partial charge in [-0.1, -0.05) is 30.3 Å². The highest BCUT2D eigenvalue weighted by molar-refractivity contribution is 5.92. The summed E-state index contributed by atoms with van der Waals surface area (Å²) >= 11 is 0. The molecule has 0 aliphatic carbocycles. The summed E-state index contributed by atoms with van der Waals surface area (Å²) in [6, 6.07) is 11.4. The second kappa shape index (κ2) is 8.09. The molecule has 0 bridgehead atoms. The molecule has 0 unspecified atom stereocenters. The van der Waals surface area contributed by atoms with Crippen molar-refractivity contribution in [3.05, 3.63) is 53.9 Å². The van der Waals surface area contributed by atoms with Crippen LogP contribution in [-0.4, -0.2) is 48.0 Å². The second-order valence-electron chi connectivity index (χ2n) is 5.16. The lowest BCUT2D eigenvalue weighted by Crippen LogP contribution is -2.25. The maximum Gasteiger partial charge on any atom is 0.270 e. The van der Waals surface area contributed by atoms with Gasteiger partial charge >= 0.3 is 0 Å². The number of likely N-dealkylation sites (N-methyl/N-ethyl adjacent to an activating group) is 1. The molecule has 0 fully saturated rings. The molecule has 0 aliphatic rings. The van der Waals surface area contributed by atoms with E-state index in [1.54, 1.807) is 12.3 Å². The van der Waals surface area contributed by atoms with Crippen molar-refractivity contribution in [1.82, 2.24) is 20.2 Å². The molecule has 0 spiro atoms. The van der Waals surface area contributed by atoms with Crippen LogP contribution in [0.1, 0.15) is 16.1 Å². The molecule has 1 amide bonds. The summed E-state index contributed by atoms with van der Waals surface area (Å²) in [4.78, 5) is 22.5. The number of aromatic nitrogens is 2. The third-order valence-corrected chi connectivity index (χ3v) is 3.03. The first-order chi connectivity index (χ1) is 10.6. The number of hydrogen-bond acceptors (Lipinski definition) is 5. The first kappa shape index (κ1) is 15.9. The average Bonchev–Trinajstić information content (AvgIpc) is 2.53. The van der Waals surface area contributed by atoms with E-state index in [9.17, 15) is 4.79 Å². The first-order valence-electron chi connectivity index (χ1n) is 7.19. The maximum absolute atomic E-state index is 12.1. The maximum atomic E-state index is 12.1. The van der Waals surface area contributed by atoms with Crippen molar-refractivity contribution in [1.29, 1.82) is 0 Å². The Morgan fingerprint density at radius 3 is 2.68 bits per heavy atom. The number of nitrogens with zero attached hydrogens (tertiary/aromatic N) is 3. The van der Waals surface area contributed by atoms with Gasteiger partial charge in [0.2, 0.25) is 5.95 Å². The Bertz CT molecular complexity index is 600. The lowest BCUT2D eigenvalue weighted by Gasteiger charge is -2.10. The fourth-order valence-electron chi connectivity index (χ4n) is 1.83. The number of anilines is 1. The molecule has 22 heavy (non-hydrogen) atoms. The van der Waals surface area contributed by atoms with E-state index in [2.05, 4.69) is 25.5 Å². The Morgan fingerprint density at radius 1 is 1.18 bits per heavy atom. The zero-order chi connectivity index (χ0) is 15.8. The summed E-state index contributed by atoms with van der Waals surface area (Å²) in [7, 11) is 3.99. The molecule has 0 radical (unpaired) electrons. The van der Waals surface area contributed by atoms with Gasteiger partial charge in [0.25, 0.3) is 5.91 Å². The van der Waals surface area contributed by atoms with E-state index in [1.807, 2.05) is 44.4 Å². The van der Waals surface area contributed by atoms with Crippen molar-refractivity contribution < 1.29 is 4.79 Å². The van der Waals surface area contributed by atoms with Gasteiger partial charge < -0.3 is 15.5 Å². The molecular formula is C16H21N5O. The zero-order valence-corrected chi connectivity index (χ0v) is 12.9. The topological polar surface area (TPSA) is 70.2 Å². The second-order valence-corrected chi connectivity index (χ2v) is 5.16. The lowest BCUT2D eigenvalue weighted by atomic mass is 10.2. The third-order valence-electron chi connectivity index (χ3n) is 3.03. The average molecular weight is 299 g/mol. The van der Waals surface area contributed by atoms with Crippen LogP contribution in [0.5, 0.6) is 0 Å². The third kappa shape index (κ3) is 5.14. The Kier molecular flexibility index (Phi) is 5.85. The largest absolute Gasteiger partial charge is 0.353 e. The van der Waals surface area contributed by atoms with E-state index < -0.39 is 0 Å². The van der Waals surface area contributed by atoms with Crippen molar-refractivity contribution in [2.75, 3.05) is 32.5 Å². The number of hydrogen-bond donors (Lipinski definition) is 2. The quantitative estimate of drug-likeness (QED) is 0.808. The molecule has 0 atom stereocenters. The first-order valence-corrected chi connectivity index (χ1v) is 7.19. The van der Waals surface area contributed by atoms with Crippen LogP contribution < -0.4 is 10.6 Å². The van der Waals surface area contributed by atoms with Gasteiger partial charge in [0.1, 0.15) is 5.69 Å². The highest BCUT2D eigenvalue weighted by atomic mass is 16.1. The Morgan fingerprint density at radius 2 is 1.95 bits per heavy atom. The van der Waals surface area contributed by atoms with Gasteiger partial charge in [-0.05, 0) is 25.7 Å². The number of amides is 1. The van der Waals surface area contributed by atoms with E-state index in [1.165, 1.54) is 0 Å². The minimum Gasteiger partial charge on any atom is -0.353 e. The van der Waals surface area contributed by atoms with Crippen LogP contribution in [0.3, 0.4) is 0 Å². The van der Waals surface area contributed by atoms with Crippen molar-refractivity contribution in [3.8, 4) is 0 Å². The van der Waals surface area contributed by atoms with Crippen molar-refractivity contribution >= 4 is 11.9 Å². The molecule has 1 aromatic carbocycles. The van der Waals surface area contributed by atoms with Crippen LogP contribution >= 0.6 is 0 Å². The molecule has 0 saturated heterocycles. The normalized spacial score (nSPS) is 10.5. The minimum absolute atomic E-state index is 0.207. The van der Waals surface area contributed by atoms with E-state index in [-0.39, 0.29) is 5.91 Å². The minimum atomic E-state index is -0.207. The van der Waals surface area contributed by atoms with Gasteiger partial charge in [-0.25, -0.2) is 9.97 Å². The van der Waals surface area contributed by atoms with E-state index in [4.69, 9.17) is 0 Å². The van der Waals surface area contributed by atoms with Crippen molar-refractivity contribution in [2.45, 2.75) is 6.54 Å². The standard InChI is InChI=1S/C16H21N5O/c1-21(2)11-10-18-16-17-9-8-14(20-16)15(22)19-12-13-6-4-3-5-7-13/h3-9H,10-12H2,1-2H3,(H,19,22)(H,17,18,20). The predicted octanol–water partition coefficient (Wildman–Crippen LogP) is 1.38. The summed E-state index contributed by atoms with van der Waals surface area (Å²) < 4.78 is 0. The molecule has 2 aromatic rings. The molecule has 2 rings (SSSR count). The highest BCUT2D eigenvalue weighted by Gasteiger charge is 2.08. The molecule has 2 N–H and O–H groups in total. The molecule has 116 valence electrons. The van der Waals surface area contributed by atoms with E-state index >= 15 is 0 Å². The van der Waals surface area contributed by atoms with Crippen LogP contribution in [-0.2, 0) is 6.54 Å². The number of nitrogens with one attached hydrogen (secondary N) is 2. The van der Waals surface area contributed by atoms with Crippen LogP contribution in [0.15, 0.2) is 42.6 Å². The summed E-state index contributed by atoms with van der Waals surface area (Å²) in [5.41, 5.74) is 1.41. The van der Waals surface area contributed by atoms with Gasteiger partial charge in [0.05, 0.1) is 0 Å². The fourth-order valence-corrected chi connectivity index (χ4v) is 1.83. The van der Waals surface area contributed by atoms with Crippen LogP contribution in [0.25, 0.3) is 0 Å². The van der Waals surface area contributed by atoms with Gasteiger partial charge in [-0.15, -0.1) is 0 Å². The summed E-state index contributed by atoms with van der Waals surface area (Å²) in [5, 5.41) is 5.95. The highest BCUT2D eigenvalue weighted by Crippen LogP contribution is 2.02. The summed E-state index contributed by atoms with van der Waals surface area (Å²) in [6.07, 6.45) is 1.59. The zero-order valence-electron chi connectivity index (χ0n) is 12.9. The van der Waals surface area contributed by atoms with Gasteiger partial charge in [0.15, 0.2) is 0 Å². The predicted molar refractivity (Wildman–Crippen MR) is 86.7 cm³/mol. The van der Waals surface area contributed by atoms with E-state index in [0.29, 0.717) is 18.2 Å². The monoisotopic (exact) mass is 299 g/mol. The lowest BCUT2D eigenvalue weighted by molar-refractivity contribution is 0.0946. The smallest absolute Gasteiger partial charge is 0.270 e. The van der Waals surface area contributed by atoms with Crippen molar-refractivity contribution in [3.63, 3.8) is 0 Å². The van der Waals surface area contributed by atoms with E-state index in [0.717, 1.165) is 18.7 Å². The fraction of sp³-hybridized carbons (Fsp3) is 0.312. The summed E-state index contributed by atoms with van der Waals surface area (Å²) in [6.45, 7) is 2.07. The molecule has 6 nitrogen and oxygen atoms in total. The Balaban J connectivity index is 1.89. The van der Waals surface area contributed by atoms with Crippen LogP contribution in [0.4, 0.5) is 5.95 Å². The number of carbonyl (C=O) groups is 1. The molecular weight excluding hydrogens is 278 g/mol. The number of carbonyl (C=O) groups excluding carboxylic acids is 1. The number of benzene rings is 1. The van der Waals surface area contributed by atoms with Crippen LogP contribution in [0.2, 0.25) is 0 Å². The SMILES string of the molecule is CN(C)CCNc1nccc(C(=O)NCc2ccccc2)n1.